The summed E-state index contributed by atoms with van der Waals surface area (Å²) in [6.45, 7) is 0. The number of benzene rings is 9. The van der Waals surface area contributed by atoms with Crippen molar-refractivity contribution in [2.75, 3.05) is 4.90 Å². The van der Waals surface area contributed by atoms with Crippen molar-refractivity contribution >= 4 is 27.8 Å². The Morgan fingerprint density at radius 3 is 1.56 bits per heavy atom. The lowest BCUT2D eigenvalue weighted by Gasteiger charge is -2.31. The highest BCUT2D eigenvalue weighted by atomic mass is 15.1. The Bertz CT molecular complexity index is 2820. The van der Waals surface area contributed by atoms with Crippen LogP contribution in [0.25, 0.3) is 55.3 Å². The summed E-state index contributed by atoms with van der Waals surface area (Å²) in [5.41, 5.74) is 18.5. The van der Waals surface area contributed by atoms with Gasteiger partial charge in [-0.2, -0.15) is 0 Å². The molecule has 0 saturated heterocycles. The van der Waals surface area contributed by atoms with Gasteiger partial charge in [0.1, 0.15) is 0 Å². The molecular weight excluding hydrogens is 651 g/mol. The predicted molar refractivity (Wildman–Crippen MR) is 226 cm³/mol. The minimum Gasteiger partial charge on any atom is -0.310 e. The molecule has 0 fully saturated rings. The van der Waals surface area contributed by atoms with Gasteiger partial charge in [0.05, 0.1) is 11.1 Å². The second kappa shape index (κ2) is 12.0. The third-order valence-electron chi connectivity index (χ3n) is 11.7. The SMILES string of the molecule is c1ccc(-c2ccc(N(c3ccccc3)c3ccccc3-c3cccc4c3-c3c(ccc5ccccc35)C43c4ccccc4-c4ccccc43)cc2)cc1. The molecule has 0 unspecified atom stereocenters. The first kappa shape index (κ1) is 30.6. The first-order valence-electron chi connectivity index (χ1n) is 18.8. The Kier molecular flexibility index (Phi) is 6.84. The van der Waals surface area contributed by atoms with Gasteiger partial charge >= 0.3 is 0 Å². The summed E-state index contributed by atoms with van der Waals surface area (Å²) in [5.74, 6) is 0. The monoisotopic (exact) mass is 685 g/mol. The molecule has 1 nitrogen and oxygen atoms in total. The van der Waals surface area contributed by atoms with Crippen molar-refractivity contribution in [3.05, 3.63) is 235 Å². The third-order valence-corrected chi connectivity index (χ3v) is 11.7. The van der Waals surface area contributed by atoms with Gasteiger partial charge in [-0.25, -0.2) is 0 Å². The number of rotatable bonds is 5. The van der Waals surface area contributed by atoms with Gasteiger partial charge in [0.25, 0.3) is 0 Å². The van der Waals surface area contributed by atoms with E-state index in [0.29, 0.717) is 0 Å². The largest absolute Gasteiger partial charge is 0.310 e. The van der Waals surface area contributed by atoms with Crippen molar-refractivity contribution in [3.8, 4) is 44.5 Å². The van der Waals surface area contributed by atoms with Gasteiger partial charge in [0.2, 0.25) is 0 Å². The van der Waals surface area contributed by atoms with Crippen LogP contribution in [-0.2, 0) is 5.41 Å². The van der Waals surface area contributed by atoms with Crippen molar-refractivity contribution in [2.45, 2.75) is 5.41 Å². The van der Waals surface area contributed by atoms with E-state index in [1.54, 1.807) is 0 Å². The number of hydrogen-bond acceptors (Lipinski definition) is 1. The Labute approximate surface area is 316 Å². The Balaban J connectivity index is 1.20. The standard InChI is InChI=1S/C53H35N/c1-3-16-36(17-4-1)37-30-33-40(34-31-37)54(39-19-5-2-6-20-39)50-29-14-11-24-44(50)45-25-15-28-48-52(45)51-41-21-8-7-18-38(41)32-35-49(51)53(48)46-26-12-9-22-42(46)43-23-10-13-27-47(43)53/h1-35H. The van der Waals surface area contributed by atoms with Crippen LogP contribution >= 0.6 is 0 Å². The maximum atomic E-state index is 2.42. The number of anilines is 3. The average Bonchev–Trinajstić information content (AvgIpc) is 3.73. The van der Waals surface area contributed by atoms with Crippen LogP contribution in [0.1, 0.15) is 22.3 Å². The first-order chi connectivity index (χ1) is 26.8. The van der Waals surface area contributed by atoms with E-state index in [1.807, 2.05) is 0 Å². The molecule has 1 spiro atoms. The summed E-state index contributed by atoms with van der Waals surface area (Å²) in [5, 5.41) is 2.54. The second-order valence-corrected chi connectivity index (χ2v) is 14.4. The smallest absolute Gasteiger partial charge is 0.0725 e. The van der Waals surface area contributed by atoms with E-state index >= 15 is 0 Å². The van der Waals surface area contributed by atoms with Crippen molar-refractivity contribution in [1.82, 2.24) is 0 Å². The molecule has 2 aliphatic carbocycles. The minimum absolute atomic E-state index is 0.431. The maximum absolute atomic E-state index is 2.42. The number of para-hydroxylation sites is 2. The molecule has 9 aromatic carbocycles. The van der Waals surface area contributed by atoms with Crippen LogP contribution in [0, 0.1) is 0 Å². The minimum atomic E-state index is -0.431. The Hall–Kier alpha value is -6.96. The molecule has 0 saturated carbocycles. The molecule has 2 aliphatic rings. The van der Waals surface area contributed by atoms with Crippen molar-refractivity contribution in [2.24, 2.45) is 0 Å². The fourth-order valence-electron chi connectivity index (χ4n) is 9.51. The lowest BCUT2D eigenvalue weighted by Crippen LogP contribution is -2.25. The molecule has 252 valence electrons. The van der Waals surface area contributed by atoms with E-state index in [2.05, 4.69) is 217 Å². The fraction of sp³-hybridized carbons (Fsp3) is 0.0189. The number of nitrogens with zero attached hydrogens (tertiary/aromatic N) is 1. The topological polar surface area (TPSA) is 3.24 Å². The summed E-state index contributed by atoms with van der Waals surface area (Å²) < 4.78 is 0. The first-order valence-corrected chi connectivity index (χ1v) is 18.8. The highest BCUT2D eigenvalue weighted by Crippen LogP contribution is 2.65. The zero-order valence-corrected chi connectivity index (χ0v) is 29.7. The molecule has 54 heavy (non-hydrogen) atoms. The summed E-state index contributed by atoms with van der Waals surface area (Å²) in [7, 11) is 0. The molecule has 1 heteroatoms. The zero-order valence-electron chi connectivity index (χ0n) is 29.7. The quantitative estimate of drug-likeness (QED) is 0.174. The molecule has 11 rings (SSSR count). The lowest BCUT2D eigenvalue weighted by atomic mass is 9.70. The van der Waals surface area contributed by atoms with Crippen LogP contribution in [-0.4, -0.2) is 0 Å². The molecule has 9 aromatic rings. The second-order valence-electron chi connectivity index (χ2n) is 14.4. The van der Waals surface area contributed by atoms with Crippen LogP contribution in [0.2, 0.25) is 0 Å². The number of hydrogen-bond donors (Lipinski definition) is 0. The Morgan fingerprint density at radius 1 is 0.296 bits per heavy atom. The molecule has 0 bridgehead atoms. The maximum Gasteiger partial charge on any atom is 0.0725 e. The molecule has 0 heterocycles. The van der Waals surface area contributed by atoms with Crippen LogP contribution < -0.4 is 4.90 Å². The van der Waals surface area contributed by atoms with Gasteiger partial charge < -0.3 is 4.90 Å². The lowest BCUT2D eigenvalue weighted by molar-refractivity contribution is 0.794. The summed E-state index contributed by atoms with van der Waals surface area (Å²) in [6, 6.07) is 78.1. The normalized spacial score (nSPS) is 13.0. The predicted octanol–water partition coefficient (Wildman–Crippen LogP) is 14.0. The summed E-state index contributed by atoms with van der Waals surface area (Å²) in [6.07, 6.45) is 0. The zero-order chi connectivity index (χ0) is 35.6. The van der Waals surface area contributed by atoms with E-state index in [0.717, 1.165) is 17.1 Å². The van der Waals surface area contributed by atoms with E-state index in [4.69, 9.17) is 0 Å². The third kappa shape index (κ3) is 4.33. The van der Waals surface area contributed by atoms with E-state index in [1.165, 1.54) is 77.5 Å². The van der Waals surface area contributed by atoms with Crippen LogP contribution in [0.5, 0.6) is 0 Å². The van der Waals surface area contributed by atoms with E-state index < -0.39 is 5.41 Å². The molecule has 0 aliphatic heterocycles. The van der Waals surface area contributed by atoms with Gasteiger partial charge in [0, 0.05) is 16.9 Å². The Morgan fingerprint density at radius 2 is 0.815 bits per heavy atom. The fourth-order valence-corrected chi connectivity index (χ4v) is 9.51. The van der Waals surface area contributed by atoms with Crippen molar-refractivity contribution in [1.29, 1.82) is 0 Å². The summed E-state index contributed by atoms with van der Waals surface area (Å²) >= 11 is 0. The van der Waals surface area contributed by atoms with E-state index in [9.17, 15) is 0 Å². The molecule has 0 radical (unpaired) electrons. The molecule has 0 N–H and O–H groups in total. The average molecular weight is 686 g/mol. The van der Waals surface area contributed by atoms with Gasteiger partial charge in [-0.3, -0.25) is 0 Å². The highest BCUT2D eigenvalue weighted by molar-refractivity contribution is 6.10. The van der Waals surface area contributed by atoms with Crippen molar-refractivity contribution in [3.63, 3.8) is 0 Å². The van der Waals surface area contributed by atoms with Gasteiger partial charge in [-0.15, -0.1) is 0 Å². The van der Waals surface area contributed by atoms with Crippen LogP contribution in [0.3, 0.4) is 0 Å². The molecule has 0 atom stereocenters. The molecule has 0 aromatic heterocycles. The van der Waals surface area contributed by atoms with E-state index in [-0.39, 0.29) is 0 Å². The summed E-state index contributed by atoms with van der Waals surface area (Å²) in [4.78, 5) is 2.42. The highest BCUT2D eigenvalue weighted by Gasteiger charge is 2.52. The molecule has 0 amide bonds. The van der Waals surface area contributed by atoms with Gasteiger partial charge in [-0.1, -0.05) is 182 Å². The molecular formula is C53H35N. The van der Waals surface area contributed by atoms with Crippen LogP contribution in [0.4, 0.5) is 17.1 Å². The van der Waals surface area contributed by atoms with Crippen molar-refractivity contribution < 1.29 is 0 Å². The van der Waals surface area contributed by atoms with Crippen LogP contribution in [0.15, 0.2) is 212 Å². The van der Waals surface area contributed by atoms with Gasteiger partial charge in [-0.05, 0) is 102 Å². The van der Waals surface area contributed by atoms with Gasteiger partial charge in [0.15, 0.2) is 0 Å². The number of fused-ring (bicyclic) bond motifs is 12.